The summed E-state index contributed by atoms with van der Waals surface area (Å²) in [6.07, 6.45) is 1.06. The van der Waals surface area contributed by atoms with Gasteiger partial charge in [-0.2, -0.15) is 0 Å². The number of benzene rings is 2. The minimum Gasteiger partial charge on any atom is -0.506 e. The zero-order valence-electron chi connectivity index (χ0n) is 11.1. The van der Waals surface area contributed by atoms with Crippen LogP contribution in [0.5, 0.6) is 5.75 Å². The molecule has 1 atom stereocenters. The monoisotopic (exact) mass is 271 g/mol. The van der Waals surface area contributed by atoms with Crippen LogP contribution in [0.4, 0.5) is 0 Å². The number of hydrogen-bond donors (Lipinski definition) is 2. The zero-order valence-corrected chi connectivity index (χ0v) is 11.1. The van der Waals surface area contributed by atoms with Crippen molar-refractivity contribution in [1.29, 1.82) is 0 Å². The molecule has 2 aromatic rings. The molecule has 1 fully saturated rings. The summed E-state index contributed by atoms with van der Waals surface area (Å²) in [5, 5.41) is 21.5. The summed E-state index contributed by atoms with van der Waals surface area (Å²) in [5.41, 5.74) is 0.304. The zero-order chi connectivity index (χ0) is 14.1. The van der Waals surface area contributed by atoms with Gasteiger partial charge in [0.25, 0.3) is 5.91 Å². The van der Waals surface area contributed by atoms with Gasteiger partial charge in [0.2, 0.25) is 0 Å². The summed E-state index contributed by atoms with van der Waals surface area (Å²) in [6, 6.07) is 10.9. The minimum absolute atomic E-state index is 0.0214. The minimum atomic E-state index is -0.463. The van der Waals surface area contributed by atoms with Crippen LogP contribution in [-0.2, 0) is 0 Å². The van der Waals surface area contributed by atoms with E-state index in [2.05, 4.69) is 0 Å². The number of aliphatic hydroxyl groups excluding tert-OH is 1. The third-order valence-corrected chi connectivity index (χ3v) is 3.81. The molecule has 104 valence electrons. The number of likely N-dealkylation sites (tertiary alicyclic amines) is 1. The molecule has 0 saturated carbocycles. The van der Waals surface area contributed by atoms with Crippen LogP contribution >= 0.6 is 0 Å². The Morgan fingerprint density at radius 3 is 2.80 bits per heavy atom. The van der Waals surface area contributed by atoms with Crippen molar-refractivity contribution in [3.8, 4) is 5.75 Å². The maximum Gasteiger partial charge on any atom is 0.257 e. The Morgan fingerprint density at radius 2 is 2.00 bits per heavy atom. The first kappa shape index (κ1) is 12.9. The van der Waals surface area contributed by atoms with Crippen LogP contribution in [-0.4, -0.2) is 40.2 Å². The number of carbonyl (C=O) groups is 1. The molecule has 1 amide bonds. The average molecular weight is 271 g/mol. The maximum absolute atomic E-state index is 12.5. The third-order valence-electron chi connectivity index (χ3n) is 3.81. The first-order chi connectivity index (χ1) is 9.66. The Kier molecular flexibility index (Phi) is 3.32. The first-order valence-corrected chi connectivity index (χ1v) is 6.85. The number of aromatic hydroxyl groups is 1. The van der Waals surface area contributed by atoms with E-state index >= 15 is 0 Å². The summed E-state index contributed by atoms with van der Waals surface area (Å²) >= 11 is 0. The highest BCUT2D eigenvalue weighted by Crippen LogP contribution is 2.30. The van der Waals surface area contributed by atoms with Gasteiger partial charge in [0, 0.05) is 18.5 Å². The van der Waals surface area contributed by atoms with Crippen LogP contribution in [0, 0.1) is 0 Å². The number of amides is 1. The third kappa shape index (κ3) is 2.23. The number of phenols is 1. The van der Waals surface area contributed by atoms with E-state index in [1.165, 1.54) is 0 Å². The lowest BCUT2D eigenvalue weighted by Gasteiger charge is -2.30. The van der Waals surface area contributed by atoms with E-state index in [1.807, 2.05) is 24.3 Å². The molecule has 0 unspecified atom stereocenters. The van der Waals surface area contributed by atoms with Crippen molar-refractivity contribution in [2.75, 3.05) is 13.1 Å². The lowest BCUT2D eigenvalue weighted by Crippen LogP contribution is -2.42. The molecular formula is C16H17NO3. The van der Waals surface area contributed by atoms with Crippen LogP contribution in [0.2, 0.25) is 0 Å². The van der Waals surface area contributed by atoms with Gasteiger partial charge >= 0.3 is 0 Å². The second-order valence-electron chi connectivity index (χ2n) is 5.23. The van der Waals surface area contributed by atoms with Crippen molar-refractivity contribution in [1.82, 2.24) is 4.90 Å². The molecule has 2 N–H and O–H groups in total. The smallest absolute Gasteiger partial charge is 0.257 e. The van der Waals surface area contributed by atoms with Crippen LogP contribution < -0.4 is 0 Å². The molecule has 0 aliphatic carbocycles. The Morgan fingerprint density at radius 1 is 1.20 bits per heavy atom. The Bertz CT molecular complexity index is 653. The lowest BCUT2D eigenvalue weighted by molar-refractivity contribution is 0.0471. The number of aliphatic hydroxyl groups is 1. The van der Waals surface area contributed by atoms with Crippen molar-refractivity contribution >= 4 is 16.7 Å². The molecule has 3 rings (SSSR count). The van der Waals surface area contributed by atoms with Gasteiger partial charge in [-0.25, -0.2) is 0 Å². The van der Waals surface area contributed by atoms with Crippen LogP contribution in [0.15, 0.2) is 36.4 Å². The van der Waals surface area contributed by atoms with Crippen molar-refractivity contribution in [2.24, 2.45) is 0 Å². The molecule has 1 aliphatic heterocycles. The molecule has 0 spiro atoms. The molecule has 4 heteroatoms. The first-order valence-electron chi connectivity index (χ1n) is 6.85. The highest BCUT2D eigenvalue weighted by Gasteiger charge is 2.25. The standard InChI is InChI=1S/C16H17NO3/c18-12-5-3-9-17(10-12)16(20)14-8-7-11-4-1-2-6-13(11)15(14)19/h1-2,4,6-8,12,18-19H,3,5,9-10H2/t12-/m0/s1. The van der Waals surface area contributed by atoms with Crippen molar-refractivity contribution < 1.29 is 15.0 Å². The summed E-state index contributed by atoms with van der Waals surface area (Å²) in [4.78, 5) is 14.1. The molecule has 0 radical (unpaired) electrons. The van der Waals surface area contributed by atoms with E-state index in [1.54, 1.807) is 17.0 Å². The molecular weight excluding hydrogens is 254 g/mol. The van der Waals surface area contributed by atoms with E-state index in [-0.39, 0.29) is 11.7 Å². The fourth-order valence-corrected chi connectivity index (χ4v) is 2.74. The number of phenolic OH excluding ortho intramolecular Hbond substituents is 1. The Balaban J connectivity index is 1.97. The Hall–Kier alpha value is -2.07. The molecule has 1 heterocycles. The number of nitrogens with zero attached hydrogens (tertiary/aromatic N) is 1. The number of piperidine rings is 1. The second-order valence-corrected chi connectivity index (χ2v) is 5.23. The lowest BCUT2D eigenvalue weighted by atomic mass is 10.0. The largest absolute Gasteiger partial charge is 0.506 e. The van der Waals surface area contributed by atoms with Gasteiger partial charge in [0.15, 0.2) is 0 Å². The van der Waals surface area contributed by atoms with Gasteiger partial charge in [-0.3, -0.25) is 4.79 Å². The highest BCUT2D eigenvalue weighted by atomic mass is 16.3. The van der Waals surface area contributed by atoms with Crippen molar-refractivity contribution in [3.63, 3.8) is 0 Å². The summed E-state index contributed by atoms with van der Waals surface area (Å²) in [7, 11) is 0. The van der Waals surface area contributed by atoms with Crippen molar-refractivity contribution in [2.45, 2.75) is 18.9 Å². The Labute approximate surface area is 117 Å². The van der Waals surface area contributed by atoms with E-state index < -0.39 is 6.10 Å². The fourth-order valence-electron chi connectivity index (χ4n) is 2.74. The number of β-amino-alcohol motifs (C(OH)–C–C–N with tert-alkyl or cyclic N) is 1. The quantitative estimate of drug-likeness (QED) is 0.835. The fraction of sp³-hybridized carbons (Fsp3) is 0.312. The predicted octanol–water partition coefficient (Wildman–Crippen LogP) is 2.14. The van der Waals surface area contributed by atoms with Gasteiger partial charge in [-0.15, -0.1) is 0 Å². The number of rotatable bonds is 1. The molecule has 1 saturated heterocycles. The van der Waals surface area contributed by atoms with Crippen LogP contribution in [0.3, 0.4) is 0 Å². The van der Waals surface area contributed by atoms with Gasteiger partial charge in [0.05, 0.1) is 11.7 Å². The SMILES string of the molecule is O=C(c1ccc2ccccc2c1O)N1CCC[C@H](O)C1. The molecule has 1 aliphatic rings. The summed E-state index contributed by atoms with van der Waals surface area (Å²) in [6.45, 7) is 0.966. The van der Waals surface area contributed by atoms with Gasteiger partial charge in [-0.1, -0.05) is 30.3 Å². The topological polar surface area (TPSA) is 60.8 Å². The van der Waals surface area contributed by atoms with E-state index in [0.717, 1.165) is 18.2 Å². The van der Waals surface area contributed by atoms with Crippen molar-refractivity contribution in [3.05, 3.63) is 42.0 Å². The van der Waals surface area contributed by atoms with E-state index in [0.29, 0.717) is 24.0 Å². The van der Waals surface area contributed by atoms with Gasteiger partial charge in [0.1, 0.15) is 5.75 Å². The second kappa shape index (κ2) is 5.13. The van der Waals surface area contributed by atoms with Gasteiger partial charge in [-0.05, 0) is 24.3 Å². The van der Waals surface area contributed by atoms with Gasteiger partial charge < -0.3 is 15.1 Å². The molecule has 2 aromatic carbocycles. The number of fused-ring (bicyclic) bond motifs is 1. The predicted molar refractivity (Wildman–Crippen MR) is 76.8 cm³/mol. The van der Waals surface area contributed by atoms with Crippen LogP contribution in [0.25, 0.3) is 10.8 Å². The molecule has 0 bridgehead atoms. The number of carbonyl (C=O) groups excluding carboxylic acids is 1. The maximum atomic E-state index is 12.5. The summed E-state index contributed by atoms with van der Waals surface area (Å²) in [5.74, 6) is -0.194. The van der Waals surface area contributed by atoms with Crippen LogP contribution in [0.1, 0.15) is 23.2 Å². The molecule has 20 heavy (non-hydrogen) atoms. The highest BCUT2D eigenvalue weighted by molar-refractivity contribution is 6.03. The normalized spacial score (nSPS) is 19.2. The van der Waals surface area contributed by atoms with E-state index in [9.17, 15) is 15.0 Å². The van der Waals surface area contributed by atoms with E-state index in [4.69, 9.17) is 0 Å². The average Bonchev–Trinajstić information content (AvgIpc) is 2.47. The molecule has 0 aromatic heterocycles. The summed E-state index contributed by atoms with van der Waals surface area (Å²) < 4.78 is 0. The number of hydrogen-bond acceptors (Lipinski definition) is 3. The molecule has 4 nitrogen and oxygen atoms in total.